The standard InChI is InChI=1S/C22H26BrNO5/c1-27-15-8-10-20(29-3)17(13-15)21(16-12-14(23)7-9-19(16)28-2)24-11-5-4-6-18(24)22(25)26/h7-10,12-13,18,21H,4-6,11H2,1-3H3,(H,25,26). The number of piperidine rings is 1. The number of carboxylic acids is 1. The summed E-state index contributed by atoms with van der Waals surface area (Å²) in [5, 5.41) is 9.92. The smallest absolute Gasteiger partial charge is 0.320 e. The molecule has 2 aromatic carbocycles. The highest BCUT2D eigenvalue weighted by molar-refractivity contribution is 9.10. The quantitative estimate of drug-likeness (QED) is 0.651. The van der Waals surface area contributed by atoms with Crippen LogP contribution in [0.2, 0.25) is 0 Å². The number of carboxylic acid groups (broad SMARTS) is 1. The average Bonchev–Trinajstić information content (AvgIpc) is 2.74. The minimum Gasteiger partial charge on any atom is -0.497 e. The molecule has 0 bridgehead atoms. The Morgan fingerprint density at radius 1 is 1.03 bits per heavy atom. The minimum absolute atomic E-state index is 0.367. The summed E-state index contributed by atoms with van der Waals surface area (Å²) < 4.78 is 17.7. The molecular formula is C22H26BrNO5. The van der Waals surface area contributed by atoms with Crippen LogP contribution in [0.15, 0.2) is 40.9 Å². The fourth-order valence-corrected chi connectivity index (χ4v) is 4.40. The first-order chi connectivity index (χ1) is 14.0. The number of aliphatic carboxylic acids is 1. The molecule has 3 rings (SSSR count). The second-order valence-corrected chi connectivity index (χ2v) is 7.90. The molecule has 29 heavy (non-hydrogen) atoms. The van der Waals surface area contributed by atoms with Crippen LogP contribution in [-0.4, -0.2) is 49.9 Å². The lowest BCUT2D eigenvalue weighted by atomic mass is 9.90. The van der Waals surface area contributed by atoms with Crippen molar-refractivity contribution in [3.8, 4) is 17.2 Å². The van der Waals surface area contributed by atoms with E-state index in [4.69, 9.17) is 14.2 Å². The van der Waals surface area contributed by atoms with Crippen LogP contribution in [-0.2, 0) is 4.79 Å². The molecule has 1 aliphatic heterocycles. The molecule has 1 fully saturated rings. The Balaban J connectivity index is 2.25. The molecule has 156 valence electrons. The first-order valence-electron chi connectivity index (χ1n) is 9.54. The summed E-state index contributed by atoms with van der Waals surface area (Å²) in [5.74, 6) is 1.24. The molecule has 1 aliphatic rings. The zero-order valence-electron chi connectivity index (χ0n) is 16.9. The van der Waals surface area contributed by atoms with Crippen LogP contribution in [0.5, 0.6) is 17.2 Å². The first-order valence-corrected chi connectivity index (χ1v) is 10.3. The largest absolute Gasteiger partial charge is 0.497 e. The van der Waals surface area contributed by atoms with Crippen LogP contribution in [0, 0.1) is 0 Å². The summed E-state index contributed by atoms with van der Waals surface area (Å²) in [6.45, 7) is 0.664. The molecule has 0 radical (unpaired) electrons. The lowest BCUT2D eigenvalue weighted by Gasteiger charge is -2.40. The number of hydrogen-bond donors (Lipinski definition) is 1. The van der Waals surface area contributed by atoms with Crippen molar-refractivity contribution in [2.45, 2.75) is 31.3 Å². The third-order valence-corrected chi connectivity index (χ3v) is 5.87. The van der Waals surface area contributed by atoms with E-state index < -0.39 is 12.0 Å². The van der Waals surface area contributed by atoms with Gasteiger partial charge in [-0.2, -0.15) is 0 Å². The van der Waals surface area contributed by atoms with Gasteiger partial charge >= 0.3 is 5.97 Å². The van der Waals surface area contributed by atoms with E-state index in [9.17, 15) is 9.90 Å². The fraction of sp³-hybridized carbons (Fsp3) is 0.409. The normalized spacial score (nSPS) is 18.1. The van der Waals surface area contributed by atoms with E-state index in [-0.39, 0.29) is 6.04 Å². The van der Waals surface area contributed by atoms with Crippen molar-refractivity contribution < 1.29 is 24.1 Å². The predicted molar refractivity (Wildman–Crippen MR) is 114 cm³/mol. The second-order valence-electron chi connectivity index (χ2n) is 6.98. The summed E-state index contributed by atoms with van der Waals surface area (Å²) in [5.41, 5.74) is 1.72. The van der Waals surface area contributed by atoms with Gasteiger partial charge in [-0.15, -0.1) is 0 Å². The molecular weight excluding hydrogens is 438 g/mol. The van der Waals surface area contributed by atoms with Gasteiger partial charge in [-0.25, -0.2) is 0 Å². The number of ether oxygens (including phenoxy) is 3. The van der Waals surface area contributed by atoms with Crippen molar-refractivity contribution in [3.05, 3.63) is 52.0 Å². The van der Waals surface area contributed by atoms with E-state index in [0.717, 1.165) is 28.4 Å². The van der Waals surface area contributed by atoms with Crippen molar-refractivity contribution in [1.82, 2.24) is 4.90 Å². The van der Waals surface area contributed by atoms with E-state index in [1.54, 1.807) is 21.3 Å². The number of methoxy groups -OCH3 is 3. The second kappa shape index (κ2) is 9.50. The van der Waals surface area contributed by atoms with Crippen molar-refractivity contribution in [2.75, 3.05) is 27.9 Å². The summed E-state index contributed by atoms with van der Waals surface area (Å²) >= 11 is 3.55. The van der Waals surface area contributed by atoms with E-state index in [2.05, 4.69) is 15.9 Å². The monoisotopic (exact) mass is 463 g/mol. The Kier molecular flexibility index (Phi) is 7.03. The van der Waals surface area contributed by atoms with Crippen molar-refractivity contribution in [1.29, 1.82) is 0 Å². The Bertz CT molecular complexity index is 872. The van der Waals surface area contributed by atoms with E-state index in [1.807, 2.05) is 41.3 Å². The molecule has 7 heteroatoms. The molecule has 6 nitrogen and oxygen atoms in total. The van der Waals surface area contributed by atoms with Crippen LogP contribution >= 0.6 is 15.9 Å². The molecule has 0 aromatic heterocycles. The van der Waals surface area contributed by atoms with Gasteiger partial charge in [0.2, 0.25) is 0 Å². The molecule has 1 saturated heterocycles. The van der Waals surface area contributed by atoms with Crippen LogP contribution < -0.4 is 14.2 Å². The van der Waals surface area contributed by atoms with Gasteiger partial charge in [0.05, 0.1) is 27.4 Å². The number of benzene rings is 2. The Morgan fingerprint density at radius 2 is 1.69 bits per heavy atom. The average molecular weight is 464 g/mol. The van der Waals surface area contributed by atoms with Gasteiger partial charge in [-0.1, -0.05) is 22.4 Å². The third kappa shape index (κ3) is 4.51. The number of likely N-dealkylation sites (tertiary alicyclic amines) is 1. The molecule has 1 N–H and O–H groups in total. The number of carbonyl (C=O) groups is 1. The lowest BCUT2D eigenvalue weighted by molar-refractivity contribution is -0.145. The van der Waals surface area contributed by atoms with E-state index in [0.29, 0.717) is 30.2 Å². The number of nitrogens with zero attached hydrogens (tertiary/aromatic N) is 1. The maximum atomic E-state index is 12.1. The van der Waals surface area contributed by atoms with Crippen molar-refractivity contribution >= 4 is 21.9 Å². The third-order valence-electron chi connectivity index (χ3n) is 5.38. The molecule has 0 amide bonds. The van der Waals surface area contributed by atoms with Crippen LogP contribution in [0.25, 0.3) is 0 Å². The molecule has 1 heterocycles. The SMILES string of the molecule is COc1ccc(OC)c(C(c2cc(Br)ccc2OC)N2CCCCC2C(=O)O)c1. The van der Waals surface area contributed by atoms with Crippen molar-refractivity contribution in [3.63, 3.8) is 0 Å². The summed E-state index contributed by atoms with van der Waals surface area (Å²) in [4.78, 5) is 14.1. The van der Waals surface area contributed by atoms with Crippen LogP contribution in [0.4, 0.5) is 0 Å². The van der Waals surface area contributed by atoms with Gasteiger partial charge < -0.3 is 19.3 Å². The minimum atomic E-state index is -0.814. The number of halogens is 1. The number of hydrogen-bond acceptors (Lipinski definition) is 5. The Morgan fingerprint density at radius 3 is 2.31 bits per heavy atom. The summed E-state index contributed by atoms with van der Waals surface area (Å²) in [6.07, 6.45) is 2.43. The van der Waals surface area contributed by atoms with Gasteiger partial charge in [0, 0.05) is 15.6 Å². The molecule has 2 aromatic rings. The molecule has 2 unspecified atom stereocenters. The van der Waals surface area contributed by atoms with Crippen LogP contribution in [0.3, 0.4) is 0 Å². The van der Waals surface area contributed by atoms with Gasteiger partial charge in [0.1, 0.15) is 23.3 Å². The lowest BCUT2D eigenvalue weighted by Crippen LogP contribution is -2.47. The maximum Gasteiger partial charge on any atom is 0.320 e. The van der Waals surface area contributed by atoms with Crippen LogP contribution in [0.1, 0.15) is 36.4 Å². The van der Waals surface area contributed by atoms with Gasteiger partial charge in [-0.05, 0) is 55.8 Å². The molecule has 2 atom stereocenters. The summed E-state index contributed by atoms with van der Waals surface area (Å²) in [6, 6.07) is 10.4. The molecule has 0 aliphatic carbocycles. The first kappa shape index (κ1) is 21.5. The topological polar surface area (TPSA) is 68.2 Å². The molecule has 0 saturated carbocycles. The molecule has 0 spiro atoms. The van der Waals surface area contributed by atoms with Crippen molar-refractivity contribution in [2.24, 2.45) is 0 Å². The highest BCUT2D eigenvalue weighted by atomic mass is 79.9. The highest BCUT2D eigenvalue weighted by Gasteiger charge is 2.37. The maximum absolute atomic E-state index is 12.1. The Labute approximate surface area is 179 Å². The summed E-state index contributed by atoms with van der Waals surface area (Å²) in [7, 11) is 4.85. The zero-order chi connectivity index (χ0) is 21.0. The fourth-order valence-electron chi connectivity index (χ4n) is 4.02. The Hall–Kier alpha value is -2.25. The van der Waals surface area contributed by atoms with E-state index >= 15 is 0 Å². The van der Waals surface area contributed by atoms with Gasteiger partial charge in [-0.3, -0.25) is 9.69 Å². The zero-order valence-corrected chi connectivity index (χ0v) is 18.4. The number of rotatable bonds is 7. The van der Waals surface area contributed by atoms with Gasteiger partial charge in [0.15, 0.2) is 0 Å². The van der Waals surface area contributed by atoms with Gasteiger partial charge in [0.25, 0.3) is 0 Å². The van der Waals surface area contributed by atoms with E-state index in [1.165, 1.54) is 0 Å². The highest BCUT2D eigenvalue weighted by Crippen LogP contribution is 2.43. The predicted octanol–water partition coefficient (Wildman–Crippen LogP) is 4.50.